The van der Waals surface area contributed by atoms with Crippen LogP contribution in [-0.2, 0) is 9.53 Å². The van der Waals surface area contributed by atoms with Gasteiger partial charge in [0.15, 0.2) is 0 Å². The third-order valence-electron chi connectivity index (χ3n) is 14.0. The molecule has 4 saturated carbocycles. The van der Waals surface area contributed by atoms with Crippen molar-refractivity contribution in [1.82, 2.24) is 0 Å². The summed E-state index contributed by atoms with van der Waals surface area (Å²) in [6.45, 7) is 16.2. The monoisotopic (exact) mass is 592 g/mol. The average Bonchev–Trinajstić information content (AvgIpc) is 2.90. The van der Waals surface area contributed by atoms with E-state index in [1.165, 1.54) is 17.7 Å². The van der Waals surface area contributed by atoms with Crippen LogP contribution in [0.5, 0.6) is 5.75 Å². The van der Waals surface area contributed by atoms with Gasteiger partial charge in [-0.2, -0.15) is 0 Å². The van der Waals surface area contributed by atoms with Crippen molar-refractivity contribution in [2.24, 2.45) is 50.2 Å². The van der Waals surface area contributed by atoms with E-state index in [9.17, 15) is 24.9 Å². The molecule has 236 valence electrons. The number of esters is 1. The van der Waals surface area contributed by atoms with Crippen LogP contribution in [0.3, 0.4) is 0 Å². The van der Waals surface area contributed by atoms with E-state index in [4.69, 9.17) is 4.74 Å². The number of phenolic OH excluding ortho intramolecular Hbond substituents is 1. The highest BCUT2D eigenvalue weighted by Gasteiger charge is 2.69. The molecule has 0 spiro atoms. The lowest BCUT2D eigenvalue weighted by molar-refractivity contribution is -0.219. The predicted octanol–water partition coefficient (Wildman–Crippen LogP) is 7.77. The zero-order valence-corrected chi connectivity index (χ0v) is 27.2. The number of hydrogen-bond acceptors (Lipinski definition) is 5. The standard InChI is InChI=1S/C37H52O6/c1-32(2)18-19-37(31(41)42)17-14-26-34(5)15-12-25-33(3,4)29(43-30(40)22-8-10-23(38)11-9-22)24(39)20-36(25,7)27(34)13-16-35(26,6)28(37)21-32/h8-11,14,24-25,27-29,38-39H,12-13,15-21H2,1-7H3,(H,41,42)/t24-,25+,27+,28-,29+,34+,35-,36+,37-/m1/s1. The molecule has 0 unspecified atom stereocenters. The number of aliphatic hydroxyl groups is 1. The second-order valence-corrected chi connectivity index (χ2v) is 17.2. The molecule has 4 fully saturated rings. The molecule has 3 N–H and O–H groups in total. The van der Waals surface area contributed by atoms with E-state index in [-0.39, 0.29) is 39.2 Å². The Morgan fingerprint density at radius 1 is 0.814 bits per heavy atom. The van der Waals surface area contributed by atoms with E-state index < -0.39 is 35.0 Å². The van der Waals surface area contributed by atoms with Crippen molar-refractivity contribution in [3.63, 3.8) is 0 Å². The number of hydrogen-bond donors (Lipinski definition) is 3. The molecule has 0 amide bonds. The number of phenols is 1. The summed E-state index contributed by atoms with van der Waals surface area (Å²) in [6.07, 6.45) is 8.82. The Morgan fingerprint density at radius 3 is 2.05 bits per heavy atom. The van der Waals surface area contributed by atoms with Crippen LogP contribution in [0.2, 0.25) is 0 Å². The van der Waals surface area contributed by atoms with Crippen molar-refractivity contribution >= 4 is 11.9 Å². The van der Waals surface area contributed by atoms with Gasteiger partial charge in [0.2, 0.25) is 0 Å². The molecule has 0 radical (unpaired) electrons. The van der Waals surface area contributed by atoms with Crippen molar-refractivity contribution in [1.29, 1.82) is 0 Å². The third-order valence-corrected chi connectivity index (χ3v) is 14.0. The van der Waals surface area contributed by atoms with E-state index in [1.54, 1.807) is 12.1 Å². The van der Waals surface area contributed by atoms with Crippen LogP contribution in [0.25, 0.3) is 0 Å². The molecule has 6 heteroatoms. The summed E-state index contributed by atoms with van der Waals surface area (Å²) in [6, 6.07) is 6.06. The molecule has 0 bridgehead atoms. The molecule has 6 rings (SSSR count). The molecule has 6 nitrogen and oxygen atoms in total. The van der Waals surface area contributed by atoms with Crippen LogP contribution in [0.15, 0.2) is 35.9 Å². The summed E-state index contributed by atoms with van der Waals surface area (Å²) >= 11 is 0. The Bertz CT molecular complexity index is 1340. The summed E-state index contributed by atoms with van der Waals surface area (Å²) in [5, 5.41) is 32.0. The lowest BCUT2D eigenvalue weighted by Gasteiger charge is -2.70. The van der Waals surface area contributed by atoms with Gasteiger partial charge in [0.05, 0.1) is 17.1 Å². The van der Waals surface area contributed by atoms with Gasteiger partial charge in [0.25, 0.3) is 0 Å². The summed E-state index contributed by atoms with van der Waals surface area (Å²) in [5.41, 5.74) is 0.536. The molecule has 0 saturated heterocycles. The summed E-state index contributed by atoms with van der Waals surface area (Å²) in [5.74, 6) is -0.249. The summed E-state index contributed by atoms with van der Waals surface area (Å²) < 4.78 is 6.08. The van der Waals surface area contributed by atoms with E-state index in [0.717, 1.165) is 44.9 Å². The maximum atomic E-state index is 13.1. The number of benzene rings is 1. The number of carbonyl (C=O) groups is 2. The molecular formula is C37H52O6. The topological polar surface area (TPSA) is 104 Å². The van der Waals surface area contributed by atoms with Crippen LogP contribution < -0.4 is 0 Å². The quantitative estimate of drug-likeness (QED) is 0.245. The Labute approximate surface area is 257 Å². The van der Waals surface area contributed by atoms with Crippen molar-refractivity contribution in [3.05, 3.63) is 41.5 Å². The molecule has 5 aliphatic carbocycles. The maximum absolute atomic E-state index is 13.1. The average molecular weight is 593 g/mol. The minimum atomic E-state index is -0.785. The minimum Gasteiger partial charge on any atom is -0.508 e. The van der Waals surface area contributed by atoms with Gasteiger partial charge in [-0.25, -0.2) is 4.79 Å². The Hall–Kier alpha value is -2.34. The highest BCUT2D eigenvalue weighted by atomic mass is 16.6. The first kappa shape index (κ1) is 30.7. The second kappa shape index (κ2) is 9.58. The van der Waals surface area contributed by atoms with Gasteiger partial charge < -0.3 is 20.1 Å². The third kappa shape index (κ3) is 4.28. The van der Waals surface area contributed by atoms with Crippen molar-refractivity contribution < 1.29 is 29.6 Å². The molecule has 0 aliphatic heterocycles. The zero-order valence-electron chi connectivity index (χ0n) is 27.2. The fraction of sp³-hybridized carbons (Fsp3) is 0.730. The van der Waals surface area contributed by atoms with E-state index in [1.807, 2.05) is 0 Å². The molecule has 1 aromatic carbocycles. The predicted molar refractivity (Wildman–Crippen MR) is 165 cm³/mol. The van der Waals surface area contributed by atoms with E-state index in [2.05, 4.69) is 54.5 Å². The van der Waals surface area contributed by atoms with Crippen LogP contribution in [0.4, 0.5) is 0 Å². The number of carbonyl (C=O) groups excluding carboxylic acids is 1. The number of rotatable bonds is 3. The fourth-order valence-corrected chi connectivity index (χ4v) is 12.0. The van der Waals surface area contributed by atoms with Crippen molar-refractivity contribution in [2.45, 2.75) is 118 Å². The number of carboxylic acids is 1. The van der Waals surface area contributed by atoms with Crippen LogP contribution in [0, 0.1) is 50.2 Å². The van der Waals surface area contributed by atoms with Gasteiger partial charge in [-0.15, -0.1) is 0 Å². The molecule has 9 atom stereocenters. The van der Waals surface area contributed by atoms with Gasteiger partial charge in [-0.3, -0.25) is 4.79 Å². The lowest BCUT2D eigenvalue weighted by Crippen LogP contribution is -2.66. The highest BCUT2D eigenvalue weighted by Crippen LogP contribution is 2.75. The Morgan fingerprint density at radius 2 is 1.42 bits per heavy atom. The first-order chi connectivity index (χ1) is 19.9. The molecule has 1 aromatic rings. The number of aromatic hydroxyl groups is 1. The van der Waals surface area contributed by atoms with Gasteiger partial charge in [0.1, 0.15) is 11.9 Å². The van der Waals surface area contributed by atoms with Crippen LogP contribution in [0.1, 0.15) is 117 Å². The Kier molecular flexibility index (Phi) is 6.83. The highest BCUT2D eigenvalue weighted by molar-refractivity contribution is 5.89. The molecule has 5 aliphatic rings. The number of allylic oxidation sites excluding steroid dienone is 2. The number of carboxylic acid groups (broad SMARTS) is 1. The molecule has 0 heterocycles. The van der Waals surface area contributed by atoms with Crippen LogP contribution >= 0.6 is 0 Å². The van der Waals surface area contributed by atoms with Crippen LogP contribution in [-0.4, -0.2) is 39.5 Å². The summed E-state index contributed by atoms with van der Waals surface area (Å²) in [4.78, 5) is 26.1. The summed E-state index contributed by atoms with van der Waals surface area (Å²) in [7, 11) is 0. The minimum absolute atomic E-state index is 0.0597. The number of aliphatic hydroxyl groups excluding tert-OH is 1. The van der Waals surface area contributed by atoms with Gasteiger partial charge >= 0.3 is 11.9 Å². The zero-order chi connectivity index (χ0) is 31.4. The van der Waals surface area contributed by atoms with Crippen molar-refractivity contribution in [2.75, 3.05) is 0 Å². The second-order valence-electron chi connectivity index (χ2n) is 17.2. The maximum Gasteiger partial charge on any atom is 0.338 e. The SMILES string of the molecule is CC1(C)CC[C@]2(C(=O)O)CC=C3[C@]4(C)CC[C@H]5C(C)(C)[C@@H](OC(=O)c6ccc(O)cc6)[C@H](O)C[C@]5(C)[C@H]4CC[C@@]3(C)[C@H]2C1. The Balaban J connectivity index is 1.32. The number of fused-ring (bicyclic) bond motifs is 7. The molecule has 43 heavy (non-hydrogen) atoms. The number of ether oxygens (including phenoxy) is 1. The molecular weight excluding hydrogens is 540 g/mol. The lowest BCUT2D eigenvalue weighted by atomic mass is 9.34. The first-order valence-electron chi connectivity index (χ1n) is 16.5. The van der Waals surface area contributed by atoms with Gasteiger partial charge in [-0.05, 0) is 121 Å². The molecule has 0 aromatic heterocycles. The number of aliphatic carboxylic acids is 1. The van der Waals surface area contributed by atoms with E-state index >= 15 is 0 Å². The largest absolute Gasteiger partial charge is 0.508 e. The van der Waals surface area contributed by atoms with Gasteiger partial charge in [-0.1, -0.05) is 60.1 Å². The van der Waals surface area contributed by atoms with Gasteiger partial charge in [0, 0.05) is 5.41 Å². The fourth-order valence-electron chi connectivity index (χ4n) is 12.0. The first-order valence-corrected chi connectivity index (χ1v) is 16.5. The van der Waals surface area contributed by atoms with Crippen molar-refractivity contribution in [3.8, 4) is 5.75 Å². The smallest absolute Gasteiger partial charge is 0.338 e. The van der Waals surface area contributed by atoms with E-state index in [0.29, 0.717) is 24.3 Å². The normalized spacial score (nSPS) is 44.5.